The molecule has 0 bridgehead atoms. The molecule has 8 heteroatoms. The minimum atomic E-state index is -3.74. The first-order valence-electron chi connectivity index (χ1n) is 5.30. The zero-order chi connectivity index (χ0) is 13.4. The van der Waals surface area contributed by atoms with Gasteiger partial charge in [0, 0.05) is 6.07 Å². The maximum Gasteiger partial charge on any atom is 0.236 e. The first-order chi connectivity index (χ1) is 8.28. The second kappa shape index (κ2) is 4.43. The van der Waals surface area contributed by atoms with E-state index in [9.17, 15) is 21.9 Å². The molecule has 2 N–H and O–H groups in total. The monoisotopic (exact) mass is 291 g/mol. The number of hydrogen-bond donors (Lipinski definition) is 2. The SMILES string of the molecule is O=S1(=O)CCC(S(=O)(=O)Nc2cccc(O)c2)C1. The first kappa shape index (κ1) is 13.2. The Balaban J connectivity index is 2.18. The van der Waals surface area contributed by atoms with Crippen molar-refractivity contribution in [2.45, 2.75) is 11.7 Å². The largest absolute Gasteiger partial charge is 0.508 e. The fourth-order valence-corrected chi connectivity index (χ4v) is 5.90. The molecule has 1 atom stereocenters. The Morgan fingerprint density at radius 1 is 1.33 bits per heavy atom. The number of phenols is 1. The zero-order valence-corrected chi connectivity index (χ0v) is 11.0. The van der Waals surface area contributed by atoms with Crippen LogP contribution in [0.2, 0.25) is 0 Å². The Morgan fingerprint density at radius 3 is 2.61 bits per heavy atom. The highest BCUT2D eigenvalue weighted by atomic mass is 32.2. The molecule has 1 aromatic rings. The lowest BCUT2D eigenvalue weighted by atomic mass is 10.3. The van der Waals surface area contributed by atoms with Crippen molar-refractivity contribution in [3.8, 4) is 5.75 Å². The van der Waals surface area contributed by atoms with Gasteiger partial charge in [0.2, 0.25) is 10.0 Å². The van der Waals surface area contributed by atoms with Gasteiger partial charge in [-0.1, -0.05) is 6.07 Å². The van der Waals surface area contributed by atoms with Gasteiger partial charge in [0.1, 0.15) is 5.75 Å². The molecule has 100 valence electrons. The van der Waals surface area contributed by atoms with Crippen LogP contribution in [-0.4, -0.2) is 38.7 Å². The maximum atomic E-state index is 11.9. The number of phenolic OH excluding ortho intramolecular Hbond substituents is 1. The average molecular weight is 291 g/mol. The van der Waals surface area contributed by atoms with Crippen molar-refractivity contribution >= 4 is 25.5 Å². The summed E-state index contributed by atoms with van der Waals surface area (Å²) < 4.78 is 48.7. The molecule has 0 aliphatic carbocycles. The molecule has 0 saturated carbocycles. The minimum Gasteiger partial charge on any atom is -0.508 e. The average Bonchev–Trinajstić information content (AvgIpc) is 2.59. The van der Waals surface area contributed by atoms with Gasteiger partial charge in [0.25, 0.3) is 0 Å². The highest BCUT2D eigenvalue weighted by Gasteiger charge is 2.37. The Kier molecular flexibility index (Phi) is 3.24. The van der Waals surface area contributed by atoms with Crippen LogP contribution >= 0.6 is 0 Å². The summed E-state index contributed by atoms with van der Waals surface area (Å²) in [4.78, 5) is 0. The fraction of sp³-hybridized carbons (Fsp3) is 0.400. The molecule has 0 amide bonds. The summed E-state index contributed by atoms with van der Waals surface area (Å²) in [5, 5.41) is 8.30. The van der Waals surface area contributed by atoms with Crippen LogP contribution in [0.15, 0.2) is 24.3 Å². The number of nitrogens with one attached hydrogen (secondary N) is 1. The third-order valence-electron chi connectivity index (χ3n) is 2.74. The van der Waals surface area contributed by atoms with E-state index in [-0.39, 0.29) is 29.4 Å². The number of rotatable bonds is 3. The molecule has 6 nitrogen and oxygen atoms in total. The number of benzene rings is 1. The third kappa shape index (κ3) is 2.94. The van der Waals surface area contributed by atoms with Crippen LogP contribution in [0.5, 0.6) is 5.75 Å². The molecule has 1 saturated heterocycles. The van der Waals surface area contributed by atoms with Crippen molar-refractivity contribution in [3.05, 3.63) is 24.3 Å². The molecule has 2 rings (SSSR count). The van der Waals surface area contributed by atoms with E-state index in [0.29, 0.717) is 0 Å². The van der Waals surface area contributed by atoms with Gasteiger partial charge < -0.3 is 5.11 Å². The Bertz CT molecular complexity index is 651. The van der Waals surface area contributed by atoms with Crippen LogP contribution in [0.3, 0.4) is 0 Å². The zero-order valence-electron chi connectivity index (χ0n) is 9.40. The van der Waals surface area contributed by atoms with Crippen LogP contribution in [0.1, 0.15) is 6.42 Å². The Labute approximate surface area is 106 Å². The summed E-state index contributed by atoms with van der Waals surface area (Å²) in [6, 6.07) is 5.66. The molecule has 1 aromatic carbocycles. The van der Waals surface area contributed by atoms with E-state index in [1.165, 1.54) is 24.3 Å². The topological polar surface area (TPSA) is 101 Å². The van der Waals surface area contributed by atoms with Crippen molar-refractivity contribution in [3.63, 3.8) is 0 Å². The van der Waals surface area contributed by atoms with Gasteiger partial charge in [-0.25, -0.2) is 16.8 Å². The lowest BCUT2D eigenvalue weighted by molar-refractivity contribution is 0.475. The van der Waals surface area contributed by atoms with Gasteiger partial charge in [0.05, 0.1) is 22.4 Å². The highest BCUT2D eigenvalue weighted by Crippen LogP contribution is 2.23. The molecule has 1 fully saturated rings. The van der Waals surface area contributed by atoms with E-state index in [0.717, 1.165) is 0 Å². The predicted octanol–water partition coefficient (Wildman–Crippen LogP) is 0.321. The standard InChI is InChI=1S/C10H13NO5S2/c12-9-3-1-2-8(6-9)11-18(15,16)10-4-5-17(13,14)7-10/h1-3,6,10-12H,4-5,7H2. The van der Waals surface area contributed by atoms with Crippen LogP contribution in [0.4, 0.5) is 5.69 Å². The second-order valence-corrected chi connectivity index (χ2v) is 8.41. The van der Waals surface area contributed by atoms with E-state index in [4.69, 9.17) is 0 Å². The molecule has 1 unspecified atom stereocenters. The van der Waals surface area contributed by atoms with E-state index < -0.39 is 25.1 Å². The van der Waals surface area contributed by atoms with Crippen LogP contribution in [0.25, 0.3) is 0 Å². The molecule has 0 radical (unpaired) electrons. The fourth-order valence-electron chi connectivity index (χ4n) is 1.82. The number of sulfone groups is 1. The summed E-state index contributed by atoms with van der Waals surface area (Å²) in [5.74, 6) is -0.506. The van der Waals surface area contributed by atoms with Gasteiger partial charge in [-0.05, 0) is 18.6 Å². The van der Waals surface area contributed by atoms with Gasteiger partial charge in [-0.3, -0.25) is 4.72 Å². The molecular formula is C10H13NO5S2. The second-order valence-electron chi connectivity index (χ2n) is 4.22. The summed E-state index contributed by atoms with van der Waals surface area (Å²) in [7, 11) is -6.99. The maximum absolute atomic E-state index is 11.9. The summed E-state index contributed by atoms with van der Waals surface area (Å²) in [5.41, 5.74) is 0.222. The molecule has 0 spiro atoms. The third-order valence-corrected chi connectivity index (χ3v) is 6.51. The van der Waals surface area contributed by atoms with Crippen molar-refractivity contribution < 1.29 is 21.9 Å². The van der Waals surface area contributed by atoms with Gasteiger partial charge >= 0.3 is 0 Å². The lowest BCUT2D eigenvalue weighted by Crippen LogP contribution is -2.28. The number of sulfonamides is 1. The van der Waals surface area contributed by atoms with Crippen LogP contribution < -0.4 is 4.72 Å². The van der Waals surface area contributed by atoms with Crippen molar-refractivity contribution in [2.24, 2.45) is 0 Å². The number of anilines is 1. The summed E-state index contributed by atoms with van der Waals surface area (Å²) in [6.45, 7) is 0. The predicted molar refractivity (Wildman–Crippen MR) is 67.7 cm³/mol. The highest BCUT2D eigenvalue weighted by molar-refractivity contribution is 7.97. The first-order valence-corrected chi connectivity index (χ1v) is 8.66. The van der Waals surface area contributed by atoms with Crippen molar-refractivity contribution in [1.29, 1.82) is 0 Å². The summed E-state index contributed by atoms with van der Waals surface area (Å²) in [6.07, 6.45) is 0.108. The van der Waals surface area contributed by atoms with Gasteiger partial charge in [0.15, 0.2) is 9.84 Å². The Hall–Kier alpha value is -1.28. The van der Waals surface area contributed by atoms with Crippen molar-refractivity contribution in [1.82, 2.24) is 0 Å². The molecular weight excluding hydrogens is 278 g/mol. The van der Waals surface area contributed by atoms with E-state index in [1.807, 2.05) is 0 Å². The number of hydrogen-bond acceptors (Lipinski definition) is 5. The van der Waals surface area contributed by atoms with E-state index in [2.05, 4.69) is 4.72 Å². The van der Waals surface area contributed by atoms with Crippen LogP contribution in [-0.2, 0) is 19.9 Å². The van der Waals surface area contributed by atoms with E-state index in [1.54, 1.807) is 0 Å². The lowest BCUT2D eigenvalue weighted by Gasteiger charge is -2.12. The smallest absolute Gasteiger partial charge is 0.236 e. The molecule has 1 heterocycles. The van der Waals surface area contributed by atoms with E-state index >= 15 is 0 Å². The Morgan fingerprint density at radius 2 is 2.06 bits per heavy atom. The minimum absolute atomic E-state index is 0.0609. The van der Waals surface area contributed by atoms with Gasteiger partial charge in [-0.15, -0.1) is 0 Å². The normalized spacial score (nSPS) is 22.8. The molecule has 0 aromatic heterocycles. The quantitative estimate of drug-likeness (QED) is 0.835. The number of aromatic hydroxyl groups is 1. The molecule has 1 aliphatic rings. The van der Waals surface area contributed by atoms with Crippen molar-refractivity contribution in [2.75, 3.05) is 16.2 Å². The summed E-state index contributed by atoms with van der Waals surface area (Å²) >= 11 is 0. The van der Waals surface area contributed by atoms with Gasteiger partial charge in [-0.2, -0.15) is 0 Å². The molecule has 18 heavy (non-hydrogen) atoms. The molecule has 1 aliphatic heterocycles. The van der Waals surface area contributed by atoms with Crippen LogP contribution in [0, 0.1) is 0 Å².